The summed E-state index contributed by atoms with van der Waals surface area (Å²) < 4.78 is 1.83. The number of benzene rings is 1. The average molecular weight is 274 g/mol. The molecule has 0 aliphatic rings. The lowest BCUT2D eigenvalue weighted by Crippen LogP contribution is -1.99. The van der Waals surface area contributed by atoms with Crippen molar-refractivity contribution in [1.82, 2.24) is 14.6 Å². The summed E-state index contributed by atoms with van der Waals surface area (Å²) in [6, 6.07) is 7.04. The first-order valence-electron chi connectivity index (χ1n) is 6.16. The second-order valence-corrected chi connectivity index (χ2v) is 5.17. The lowest BCUT2D eigenvalue weighted by Gasteiger charge is -1.99. The van der Waals surface area contributed by atoms with Crippen molar-refractivity contribution in [2.75, 3.05) is 11.9 Å². The molecule has 19 heavy (non-hydrogen) atoms. The normalized spacial score (nSPS) is 11.0. The molecule has 2 heterocycles. The van der Waals surface area contributed by atoms with Gasteiger partial charge in [-0.05, 0) is 30.7 Å². The molecule has 0 atom stereocenters. The molecule has 0 fully saturated rings. The third-order valence-corrected chi connectivity index (χ3v) is 3.65. The largest absolute Gasteiger partial charge is 0.508 e. The van der Waals surface area contributed by atoms with Gasteiger partial charge in [0.25, 0.3) is 0 Å². The van der Waals surface area contributed by atoms with E-state index in [2.05, 4.69) is 22.3 Å². The molecule has 0 aliphatic carbocycles. The molecule has 0 saturated carbocycles. The maximum atomic E-state index is 9.32. The number of phenols is 1. The number of aromatic nitrogens is 3. The van der Waals surface area contributed by atoms with E-state index in [0.717, 1.165) is 34.3 Å². The molecule has 0 unspecified atom stereocenters. The second-order valence-electron chi connectivity index (χ2n) is 4.22. The predicted octanol–water partition coefficient (Wildman–Crippen LogP) is 2.99. The molecule has 0 radical (unpaired) electrons. The lowest BCUT2D eigenvalue weighted by molar-refractivity contribution is 0.475. The molecule has 2 N–H and O–H groups in total. The summed E-state index contributed by atoms with van der Waals surface area (Å²) in [6.45, 7) is 3.03. The van der Waals surface area contributed by atoms with Crippen molar-refractivity contribution in [1.29, 1.82) is 0 Å². The molecule has 0 saturated heterocycles. The van der Waals surface area contributed by atoms with Gasteiger partial charge < -0.3 is 10.4 Å². The number of phenolic OH excluding ortho intramolecular Hbond substituents is 1. The first-order chi connectivity index (χ1) is 9.28. The van der Waals surface area contributed by atoms with Crippen molar-refractivity contribution >= 4 is 21.4 Å². The van der Waals surface area contributed by atoms with Gasteiger partial charge in [-0.25, -0.2) is 9.50 Å². The van der Waals surface area contributed by atoms with Crippen LogP contribution in [0.25, 0.3) is 16.2 Å². The Bertz CT molecular complexity index is 686. The molecular formula is C13H14N4OS. The Hall–Kier alpha value is -2.08. The molecule has 0 aliphatic heterocycles. The smallest absolute Gasteiger partial charge is 0.214 e. The SMILES string of the molecule is CCCNc1nn2c(-c3ccc(O)cc3)cnc2s1. The van der Waals surface area contributed by atoms with Crippen LogP contribution in [0.2, 0.25) is 0 Å². The van der Waals surface area contributed by atoms with E-state index in [-0.39, 0.29) is 5.75 Å². The maximum absolute atomic E-state index is 9.32. The van der Waals surface area contributed by atoms with Crippen LogP contribution in [0.4, 0.5) is 5.13 Å². The van der Waals surface area contributed by atoms with Gasteiger partial charge >= 0.3 is 0 Å². The molecular weight excluding hydrogens is 260 g/mol. The summed E-state index contributed by atoms with van der Waals surface area (Å²) in [6.07, 6.45) is 2.86. The van der Waals surface area contributed by atoms with E-state index in [4.69, 9.17) is 0 Å². The summed E-state index contributed by atoms with van der Waals surface area (Å²) in [7, 11) is 0. The Morgan fingerprint density at radius 3 is 2.84 bits per heavy atom. The highest BCUT2D eigenvalue weighted by molar-refractivity contribution is 7.20. The number of hydrogen-bond donors (Lipinski definition) is 2. The number of fused-ring (bicyclic) bond motifs is 1. The highest BCUT2D eigenvalue weighted by Crippen LogP contribution is 2.26. The van der Waals surface area contributed by atoms with Gasteiger partial charge in [0, 0.05) is 12.1 Å². The monoisotopic (exact) mass is 274 g/mol. The number of nitrogens with one attached hydrogen (secondary N) is 1. The fraction of sp³-hybridized carbons (Fsp3) is 0.231. The number of rotatable bonds is 4. The van der Waals surface area contributed by atoms with E-state index in [0.29, 0.717) is 0 Å². The minimum absolute atomic E-state index is 0.257. The lowest BCUT2D eigenvalue weighted by atomic mass is 10.2. The van der Waals surface area contributed by atoms with E-state index in [9.17, 15) is 5.11 Å². The zero-order valence-electron chi connectivity index (χ0n) is 10.5. The van der Waals surface area contributed by atoms with Crippen molar-refractivity contribution in [3.63, 3.8) is 0 Å². The second kappa shape index (κ2) is 4.89. The minimum Gasteiger partial charge on any atom is -0.508 e. The third-order valence-electron chi connectivity index (χ3n) is 2.77. The zero-order chi connectivity index (χ0) is 13.2. The standard InChI is InChI=1S/C13H14N4OS/c1-2-7-14-12-16-17-11(8-15-13(17)19-12)9-3-5-10(18)6-4-9/h3-6,8,18H,2,7H2,1H3,(H,14,16). The molecule has 6 heteroatoms. The van der Waals surface area contributed by atoms with Crippen LogP contribution in [0.15, 0.2) is 30.5 Å². The van der Waals surface area contributed by atoms with Crippen molar-refractivity contribution < 1.29 is 5.11 Å². The molecule has 0 spiro atoms. The summed E-state index contributed by atoms with van der Waals surface area (Å²) in [5.41, 5.74) is 1.91. The number of hydrogen-bond acceptors (Lipinski definition) is 5. The predicted molar refractivity (Wildman–Crippen MR) is 76.7 cm³/mol. The Kier molecular flexibility index (Phi) is 3.08. The molecule has 2 aromatic heterocycles. The summed E-state index contributed by atoms with van der Waals surface area (Å²) in [4.78, 5) is 5.23. The number of anilines is 1. The van der Waals surface area contributed by atoms with Gasteiger partial charge in [0.15, 0.2) is 0 Å². The summed E-state index contributed by atoms with van der Waals surface area (Å²) in [5.74, 6) is 0.257. The van der Waals surface area contributed by atoms with Crippen LogP contribution in [-0.2, 0) is 0 Å². The first kappa shape index (κ1) is 12.0. The van der Waals surface area contributed by atoms with Gasteiger partial charge in [-0.3, -0.25) is 0 Å². The topological polar surface area (TPSA) is 62.5 Å². The number of imidazole rings is 1. The van der Waals surface area contributed by atoms with Gasteiger partial charge in [0.1, 0.15) is 5.75 Å². The van der Waals surface area contributed by atoms with Crippen molar-refractivity contribution in [2.24, 2.45) is 0 Å². The van der Waals surface area contributed by atoms with E-state index in [1.165, 1.54) is 11.3 Å². The van der Waals surface area contributed by atoms with Crippen LogP contribution in [0.3, 0.4) is 0 Å². The van der Waals surface area contributed by atoms with Gasteiger partial charge in [0.2, 0.25) is 10.1 Å². The molecule has 0 amide bonds. The maximum Gasteiger partial charge on any atom is 0.214 e. The van der Waals surface area contributed by atoms with E-state index >= 15 is 0 Å². The van der Waals surface area contributed by atoms with Crippen LogP contribution < -0.4 is 5.32 Å². The first-order valence-corrected chi connectivity index (χ1v) is 6.97. The van der Waals surface area contributed by atoms with E-state index < -0.39 is 0 Å². The van der Waals surface area contributed by atoms with Crippen molar-refractivity contribution in [3.8, 4) is 17.0 Å². The number of aromatic hydroxyl groups is 1. The molecule has 3 aromatic rings. The highest BCUT2D eigenvalue weighted by Gasteiger charge is 2.11. The molecule has 98 valence electrons. The Morgan fingerprint density at radius 2 is 2.11 bits per heavy atom. The van der Waals surface area contributed by atoms with Gasteiger partial charge in [-0.1, -0.05) is 18.3 Å². The fourth-order valence-corrected chi connectivity index (χ4v) is 2.63. The minimum atomic E-state index is 0.257. The van der Waals surface area contributed by atoms with Crippen molar-refractivity contribution in [2.45, 2.75) is 13.3 Å². The fourth-order valence-electron chi connectivity index (χ4n) is 1.83. The quantitative estimate of drug-likeness (QED) is 0.767. The molecule has 3 rings (SSSR count). The van der Waals surface area contributed by atoms with Crippen LogP contribution in [0, 0.1) is 0 Å². The van der Waals surface area contributed by atoms with Crippen LogP contribution in [0.1, 0.15) is 13.3 Å². The third kappa shape index (κ3) is 2.26. The van der Waals surface area contributed by atoms with E-state index in [1.54, 1.807) is 18.3 Å². The Balaban J connectivity index is 1.99. The zero-order valence-corrected chi connectivity index (χ0v) is 11.3. The van der Waals surface area contributed by atoms with Crippen LogP contribution in [0.5, 0.6) is 5.75 Å². The summed E-state index contributed by atoms with van der Waals surface area (Å²) in [5, 5.41) is 18.0. The Morgan fingerprint density at radius 1 is 1.32 bits per heavy atom. The average Bonchev–Trinajstić information content (AvgIpc) is 2.97. The van der Waals surface area contributed by atoms with Crippen LogP contribution >= 0.6 is 11.3 Å². The molecule has 5 nitrogen and oxygen atoms in total. The number of nitrogens with zero attached hydrogens (tertiary/aromatic N) is 3. The van der Waals surface area contributed by atoms with E-state index in [1.807, 2.05) is 16.6 Å². The summed E-state index contributed by atoms with van der Waals surface area (Å²) >= 11 is 1.54. The van der Waals surface area contributed by atoms with Crippen molar-refractivity contribution in [3.05, 3.63) is 30.5 Å². The van der Waals surface area contributed by atoms with Gasteiger partial charge in [-0.15, -0.1) is 5.10 Å². The Labute approximate surface area is 114 Å². The van der Waals surface area contributed by atoms with Crippen LogP contribution in [-0.4, -0.2) is 26.2 Å². The molecule has 0 bridgehead atoms. The van der Waals surface area contributed by atoms with Gasteiger partial charge in [0.05, 0.1) is 11.9 Å². The van der Waals surface area contributed by atoms with Gasteiger partial charge in [-0.2, -0.15) is 0 Å². The molecule has 1 aromatic carbocycles. The highest BCUT2D eigenvalue weighted by atomic mass is 32.1.